The van der Waals surface area contributed by atoms with Crippen LogP contribution in [0, 0.1) is 0 Å². The van der Waals surface area contributed by atoms with E-state index in [1.165, 1.54) is 0 Å². The molecule has 1 fully saturated rings. The van der Waals surface area contributed by atoms with Crippen molar-refractivity contribution in [1.29, 1.82) is 0 Å². The van der Waals surface area contributed by atoms with Gasteiger partial charge in [0.2, 0.25) is 5.91 Å². The van der Waals surface area contributed by atoms with Gasteiger partial charge in [0, 0.05) is 25.5 Å². The second kappa shape index (κ2) is 11.5. The lowest BCUT2D eigenvalue weighted by Crippen LogP contribution is -2.48. The van der Waals surface area contributed by atoms with E-state index in [2.05, 4.69) is 10.3 Å². The van der Waals surface area contributed by atoms with E-state index < -0.39 is 6.04 Å². The number of amides is 2. The van der Waals surface area contributed by atoms with Crippen molar-refractivity contribution in [3.8, 4) is 22.6 Å². The number of benzene rings is 3. The number of rotatable bonds is 7. The Bertz CT molecular complexity index is 1340. The second-order valence-corrected chi connectivity index (χ2v) is 9.09. The molecule has 1 atom stereocenters. The minimum atomic E-state index is -0.558. The molecule has 0 radical (unpaired) electrons. The lowest BCUT2D eigenvalue weighted by molar-refractivity contribution is -0.125. The number of pyridine rings is 1. The summed E-state index contributed by atoms with van der Waals surface area (Å²) in [4.78, 5) is 33.0. The molecule has 1 aromatic heterocycles. The molecule has 6 nitrogen and oxygen atoms in total. The van der Waals surface area contributed by atoms with Crippen LogP contribution in [0.5, 0.6) is 11.5 Å². The largest absolute Gasteiger partial charge is 0.457 e. The van der Waals surface area contributed by atoms with Gasteiger partial charge in [-0.1, -0.05) is 60.7 Å². The fraction of sp³-hybridized carbons (Fsp3) is 0.194. The Kier molecular flexibility index (Phi) is 7.55. The third-order valence-electron chi connectivity index (χ3n) is 6.53. The van der Waals surface area contributed by atoms with Crippen LogP contribution in [0.1, 0.15) is 35.2 Å². The topological polar surface area (TPSA) is 71.5 Å². The van der Waals surface area contributed by atoms with E-state index in [0.717, 1.165) is 29.5 Å². The van der Waals surface area contributed by atoms with Crippen molar-refractivity contribution in [1.82, 2.24) is 15.2 Å². The summed E-state index contributed by atoms with van der Waals surface area (Å²) >= 11 is 0. The number of hydrogen-bond donors (Lipinski definition) is 1. The van der Waals surface area contributed by atoms with Crippen molar-refractivity contribution in [3.05, 3.63) is 115 Å². The Morgan fingerprint density at radius 2 is 1.68 bits per heavy atom. The Hall–Kier alpha value is -4.45. The zero-order valence-electron chi connectivity index (χ0n) is 20.5. The standard InChI is InChI=1S/C31H29N3O3/c35-30-28(13-6-7-20-33-30)34(22-23-15-17-24(18-16-23)25-9-8-19-32-21-25)31(36)27-12-4-5-14-29(27)37-26-10-2-1-3-11-26/h1-5,8-12,14-19,21,28H,6-7,13,20,22H2,(H,33,35). The number of aromatic nitrogens is 1. The number of nitrogens with zero attached hydrogens (tertiary/aromatic N) is 2. The van der Waals surface area contributed by atoms with Crippen LogP contribution in [0.15, 0.2) is 103 Å². The van der Waals surface area contributed by atoms with Crippen LogP contribution in [0.4, 0.5) is 0 Å². The van der Waals surface area contributed by atoms with Gasteiger partial charge < -0.3 is 15.0 Å². The summed E-state index contributed by atoms with van der Waals surface area (Å²) in [5, 5.41) is 2.98. The van der Waals surface area contributed by atoms with Crippen molar-refractivity contribution < 1.29 is 14.3 Å². The van der Waals surface area contributed by atoms with Gasteiger partial charge in [0.05, 0.1) is 5.56 Å². The number of carbonyl (C=O) groups is 2. The van der Waals surface area contributed by atoms with Gasteiger partial charge in [-0.3, -0.25) is 14.6 Å². The monoisotopic (exact) mass is 491 g/mol. The zero-order valence-corrected chi connectivity index (χ0v) is 20.5. The maximum absolute atomic E-state index is 14.1. The fourth-order valence-corrected chi connectivity index (χ4v) is 4.58. The van der Waals surface area contributed by atoms with E-state index in [1.54, 1.807) is 23.2 Å². The van der Waals surface area contributed by atoms with Crippen LogP contribution < -0.4 is 10.1 Å². The first-order valence-corrected chi connectivity index (χ1v) is 12.6. The minimum Gasteiger partial charge on any atom is -0.457 e. The molecule has 2 amide bonds. The normalized spacial score (nSPS) is 15.4. The second-order valence-electron chi connectivity index (χ2n) is 9.09. The Morgan fingerprint density at radius 3 is 2.46 bits per heavy atom. The highest BCUT2D eigenvalue weighted by Gasteiger charge is 2.32. The summed E-state index contributed by atoms with van der Waals surface area (Å²) in [5.74, 6) is 0.765. The molecule has 0 aliphatic carbocycles. The smallest absolute Gasteiger partial charge is 0.258 e. The first kappa shape index (κ1) is 24.3. The summed E-state index contributed by atoms with van der Waals surface area (Å²) in [7, 11) is 0. The Morgan fingerprint density at radius 1 is 0.892 bits per heavy atom. The van der Waals surface area contributed by atoms with Gasteiger partial charge in [-0.05, 0) is 66.3 Å². The number of ether oxygens (including phenoxy) is 1. The molecule has 37 heavy (non-hydrogen) atoms. The van der Waals surface area contributed by atoms with Crippen molar-refractivity contribution in [2.75, 3.05) is 6.54 Å². The molecule has 186 valence electrons. The molecule has 3 aromatic carbocycles. The van der Waals surface area contributed by atoms with Crippen LogP contribution in [-0.2, 0) is 11.3 Å². The van der Waals surface area contributed by atoms with E-state index in [1.807, 2.05) is 85.1 Å². The molecule has 1 N–H and O–H groups in total. The number of nitrogens with one attached hydrogen (secondary N) is 1. The predicted molar refractivity (Wildman–Crippen MR) is 143 cm³/mol. The molecule has 0 bridgehead atoms. The van der Waals surface area contributed by atoms with Crippen LogP contribution in [0.3, 0.4) is 0 Å². The number of carbonyl (C=O) groups excluding carboxylic acids is 2. The lowest BCUT2D eigenvalue weighted by Gasteiger charge is -2.31. The van der Waals surface area contributed by atoms with Gasteiger partial charge in [-0.25, -0.2) is 0 Å². The zero-order chi connectivity index (χ0) is 25.5. The first-order valence-electron chi connectivity index (χ1n) is 12.6. The highest BCUT2D eigenvalue weighted by atomic mass is 16.5. The third kappa shape index (κ3) is 5.86. The Balaban J connectivity index is 1.46. The molecule has 1 aliphatic heterocycles. The fourth-order valence-electron chi connectivity index (χ4n) is 4.58. The van der Waals surface area contributed by atoms with Gasteiger partial charge in [-0.15, -0.1) is 0 Å². The molecule has 1 saturated heterocycles. The quantitative estimate of drug-likeness (QED) is 0.352. The average molecular weight is 492 g/mol. The Labute approximate surface area is 216 Å². The van der Waals surface area contributed by atoms with Crippen molar-refractivity contribution in [2.24, 2.45) is 0 Å². The molecular formula is C31H29N3O3. The van der Waals surface area contributed by atoms with Crippen LogP contribution in [-0.4, -0.2) is 34.3 Å². The summed E-state index contributed by atoms with van der Waals surface area (Å²) in [6.45, 7) is 0.939. The lowest BCUT2D eigenvalue weighted by atomic mass is 10.0. The molecule has 0 saturated carbocycles. The van der Waals surface area contributed by atoms with Gasteiger partial charge in [0.1, 0.15) is 17.5 Å². The summed E-state index contributed by atoms with van der Waals surface area (Å²) < 4.78 is 6.08. The molecule has 0 spiro atoms. The van der Waals surface area contributed by atoms with E-state index in [4.69, 9.17) is 4.74 Å². The highest BCUT2D eigenvalue weighted by molar-refractivity contribution is 5.99. The predicted octanol–water partition coefficient (Wildman–Crippen LogP) is 5.85. The summed E-state index contributed by atoms with van der Waals surface area (Å²) in [5.41, 5.74) is 3.44. The molecular weight excluding hydrogens is 462 g/mol. The molecule has 6 heteroatoms. The SMILES string of the molecule is O=C1NCCCCC1N(Cc1ccc(-c2cccnc2)cc1)C(=O)c1ccccc1Oc1ccccc1. The van der Waals surface area contributed by atoms with E-state index in [-0.39, 0.29) is 11.8 Å². The number of para-hydroxylation sites is 2. The molecule has 2 heterocycles. The van der Waals surface area contributed by atoms with Gasteiger partial charge in [-0.2, -0.15) is 0 Å². The van der Waals surface area contributed by atoms with Crippen molar-refractivity contribution >= 4 is 11.8 Å². The maximum atomic E-state index is 14.1. The summed E-state index contributed by atoms with van der Waals surface area (Å²) in [6, 6.07) is 28.0. The molecule has 1 unspecified atom stereocenters. The maximum Gasteiger partial charge on any atom is 0.258 e. The van der Waals surface area contributed by atoms with Crippen molar-refractivity contribution in [3.63, 3.8) is 0 Å². The van der Waals surface area contributed by atoms with Crippen LogP contribution in [0.25, 0.3) is 11.1 Å². The van der Waals surface area contributed by atoms with Gasteiger partial charge in [0.25, 0.3) is 5.91 Å². The van der Waals surface area contributed by atoms with Gasteiger partial charge >= 0.3 is 0 Å². The van der Waals surface area contributed by atoms with E-state index >= 15 is 0 Å². The van der Waals surface area contributed by atoms with Crippen molar-refractivity contribution in [2.45, 2.75) is 31.8 Å². The average Bonchev–Trinajstić information content (AvgIpc) is 3.17. The minimum absolute atomic E-state index is 0.112. The van der Waals surface area contributed by atoms with E-state index in [9.17, 15) is 9.59 Å². The van der Waals surface area contributed by atoms with Crippen LogP contribution in [0.2, 0.25) is 0 Å². The molecule has 4 aromatic rings. The van der Waals surface area contributed by atoms with Gasteiger partial charge in [0.15, 0.2) is 0 Å². The third-order valence-corrected chi connectivity index (χ3v) is 6.53. The van der Waals surface area contributed by atoms with E-state index in [0.29, 0.717) is 36.6 Å². The molecule has 1 aliphatic rings. The number of hydrogen-bond acceptors (Lipinski definition) is 4. The summed E-state index contributed by atoms with van der Waals surface area (Å²) in [6.07, 6.45) is 5.96. The highest BCUT2D eigenvalue weighted by Crippen LogP contribution is 2.29. The van der Waals surface area contributed by atoms with Crippen LogP contribution >= 0.6 is 0 Å². The molecule has 5 rings (SSSR count). The first-order chi connectivity index (χ1) is 18.2.